The van der Waals surface area contributed by atoms with E-state index in [-0.39, 0.29) is 5.97 Å². The number of halogens is 2. The molecule has 0 spiro atoms. The van der Waals surface area contributed by atoms with E-state index < -0.39 is 0 Å². The first-order chi connectivity index (χ1) is 6.16. The quantitative estimate of drug-likeness (QED) is 0.562. The van der Waals surface area contributed by atoms with Crippen LogP contribution >= 0.6 is 45.2 Å². The maximum atomic E-state index is 11.4. The van der Waals surface area contributed by atoms with Crippen LogP contribution < -0.4 is 0 Å². The summed E-state index contributed by atoms with van der Waals surface area (Å²) in [5.74, 6) is -0.245. The van der Waals surface area contributed by atoms with E-state index in [0.717, 1.165) is 7.14 Å². The zero-order valence-corrected chi connectivity index (χ0v) is 11.3. The molecule has 0 aliphatic heterocycles. The van der Waals surface area contributed by atoms with Crippen molar-refractivity contribution in [1.29, 1.82) is 0 Å². The number of carbonyl (C=O) groups excluding carboxylic acids is 1. The van der Waals surface area contributed by atoms with E-state index in [9.17, 15) is 4.79 Å². The van der Waals surface area contributed by atoms with E-state index in [1.807, 2.05) is 12.1 Å². The Kier molecular flexibility index (Phi) is 4.43. The first-order valence-electron chi connectivity index (χ1n) is 3.78. The Labute approximate surface area is 104 Å². The molecule has 1 aromatic carbocycles. The highest BCUT2D eigenvalue weighted by Crippen LogP contribution is 2.19. The van der Waals surface area contributed by atoms with Crippen LogP contribution in [-0.2, 0) is 4.74 Å². The number of hydrogen-bond donors (Lipinski definition) is 0. The van der Waals surface area contributed by atoms with Crippen molar-refractivity contribution in [2.24, 2.45) is 0 Å². The standard InChI is InChI=1S/C9H8I2O2/c1-2-13-9(12)6-4-3-5-7(10)8(6)11/h3-5H,2H2,1H3. The fourth-order valence-electron chi connectivity index (χ4n) is 0.870. The van der Waals surface area contributed by atoms with Crippen molar-refractivity contribution >= 4 is 51.2 Å². The molecule has 2 nitrogen and oxygen atoms in total. The molecule has 0 saturated carbocycles. The maximum absolute atomic E-state index is 11.4. The summed E-state index contributed by atoms with van der Waals surface area (Å²) in [6.07, 6.45) is 0. The fraction of sp³-hybridized carbons (Fsp3) is 0.222. The van der Waals surface area contributed by atoms with E-state index in [1.165, 1.54) is 0 Å². The minimum absolute atomic E-state index is 0.245. The molecular formula is C9H8I2O2. The molecular weight excluding hydrogens is 394 g/mol. The Morgan fingerprint density at radius 2 is 2.15 bits per heavy atom. The lowest BCUT2D eigenvalue weighted by Crippen LogP contribution is -2.07. The third kappa shape index (κ3) is 2.80. The Balaban J connectivity index is 3.01. The van der Waals surface area contributed by atoms with Gasteiger partial charge in [-0.1, -0.05) is 6.07 Å². The van der Waals surface area contributed by atoms with Gasteiger partial charge in [0.1, 0.15) is 0 Å². The lowest BCUT2D eigenvalue weighted by atomic mass is 10.2. The number of hydrogen-bond acceptors (Lipinski definition) is 2. The van der Waals surface area contributed by atoms with Gasteiger partial charge in [-0.3, -0.25) is 0 Å². The second-order valence-electron chi connectivity index (χ2n) is 2.32. The van der Waals surface area contributed by atoms with Gasteiger partial charge in [0.15, 0.2) is 0 Å². The average molecular weight is 402 g/mol. The van der Waals surface area contributed by atoms with Crippen LogP contribution in [0.5, 0.6) is 0 Å². The summed E-state index contributed by atoms with van der Waals surface area (Å²) < 4.78 is 6.95. The molecule has 0 heterocycles. The predicted octanol–water partition coefficient (Wildman–Crippen LogP) is 3.07. The first-order valence-corrected chi connectivity index (χ1v) is 5.93. The van der Waals surface area contributed by atoms with E-state index in [2.05, 4.69) is 45.2 Å². The van der Waals surface area contributed by atoms with E-state index in [4.69, 9.17) is 4.74 Å². The summed E-state index contributed by atoms with van der Waals surface area (Å²) in [7, 11) is 0. The molecule has 70 valence electrons. The van der Waals surface area contributed by atoms with Crippen molar-refractivity contribution < 1.29 is 9.53 Å². The zero-order valence-electron chi connectivity index (χ0n) is 7.01. The molecule has 0 fully saturated rings. The van der Waals surface area contributed by atoms with Crippen molar-refractivity contribution in [2.45, 2.75) is 6.92 Å². The molecule has 1 aromatic rings. The Bertz CT molecular complexity index is 323. The normalized spacial score (nSPS) is 9.77. The summed E-state index contributed by atoms with van der Waals surface area (Å²) in [4.78, 5) is 11.4. The summed E-state index contributed by atoms with van der Waals surface area (Å²) >= 11 is 4.35. The van der Waals surface area contributed by atoms with Crippen molar-refractivity contribution in [3.63, 3.8) is 0 Å². The summed E-state index contributed by atoms with van der Waals surface area (Å²) in [5.41, 5.74) is 0.648. The molecule has 0 aromatic heterocycles. The number of carbonyl (C=O) groups is 1. The van der Waals surface area contributed by atoms with Crippen LogP contribution in [0.4, 0.5) is 0 Å². The molecule has 0 aliphatic rings. The van der Waals surface area contributed by atoms with Gasteiger partial charge in [-0.2, -0.15) is 0 Å². The lowest BCUT2D eigenvalue weighted by molar-refractivity contribution is 0.0525. The molecule has 0 bridgehead atoms. The van der Waals surface area contributed by atoms with Gasteiger partial charge in [0.2, 0.25) is 0 Å². The van der Waals surface area contributed by atoms with E-state index in [1.54, 1.807) is 13.0 Å². The third-order valence-electron chi connectivity index (χ3n) is 1.45. The minimum atomic E-state index is -0.245. The molecule has 0 atom stereocenters. The van der Waals surface area contributed by atoms with E-state index >= 15 is 0 Å². The third-order valence-corrected chi connectivity index (χ3v) is 4.54. The predicted molar refractivity (Wildman–Crippen MR) is 67.8 cm³/mol. The number of rotatable bonds is 2. The minimum Gasteiger partial charge on any atom is -0.462 e. The Morgan fingerprint density at radius 1 is 1.46 bits per heavy atom. The SMILES string of the molecule is CCOC(=O)c1cccc(I)c1I. The second-order valence-corrected chi connectivity index (χ2v) is 4.56. The van der Waals surface area contributed by atoms with Crippen molar-refractivity contribution in [3.8, 4) is 0 Å². The highest BCUT2D eigenvalue weighted by molar-refractivity contribution is 14.1. The highest BCUT2D eigenvalue weighted by Gasteiger charge is 2.11. The topological polar surface area (TPSA) is 26.3 Å². The van der Waals surface area contributed by atoms with Crippen LogP contribution in [0.2, 0.25) is 0 Å². The summed E-state index contributed by atoms with van der Waals surface area (Å²) in [6.45, 7) is 2.22. The van der Waals surface area contributed by atoms with Gasteiger partial charge in [-0.15, -0.1) is 0 Å². The van der Waals surface area contributed by atoms with E-state index in [0.29, 0.717) is 12.2 Å². The van der Waals surface area contributed by atoms with Crippen LogP contribution in [0.1, 0.15) is 17.3 Å². The highest BCUT2D eigenvalue weighted by atomic mass is 127. The molecule has 1 rings (SSSR count). The van der Waals surface area contributed by atoms with Gasteiger partial charge in [-0.25, -0.2) is 4.79 Å². The monoisotopic (exact) mass is 402 g/mol. The van der Waals surface area contributed by atoms with Crippen LogP contribution in [0, 0.1) is 7.14 Å². The van der Waals surface area contributed by atoms with Crippen molar-refractivity contribution in [1.82, 2.24) is 0 Å². The lowest BCUT2D eigenvalue weighted by Gasteiger charge is -2.04. The molecule has 13 heavy (non-hydrogen) atoms. The Morgan fingerprint density at radius 3 is 2.77 bits per heavy atom. The largest absolute Gasteiger partial charge is 0.462 e. The van der Waals surface area contributed by atoms with Crippen LogP contribution in [0.25, 0.3) is 0 Å². The molecule has 4 heteroatoms. The molecule has 0 amide bonds. The summed E-state index contributed by atoms with van der Waals surface area (Å²) in [6, 6.07) is 5.60. The second kappa shape index (κ2) is 5.14. The van der Waals surface area contributed by atoms with Crippen LogP contribution in [-0.4, -0.2) is 12.6 Å². The Hall–Kier alpha value is 0.150. The van der Waals surface area contributed by atoms with Gasteiger partial charge >= 0.3 is 5.97 Å². The molecule has 0 aliphatic carbocycles. The van der Waals surface area contributed by atoms with Crippen molar-refractivity contribution in [3.05, 3.63) is 30.9 Å². The zero-order chi connectivity index (χ0) is 9.84. The molecule has 0 N–H and O–H groups in total. The van der Waals surface area contributed by atoms with Gasteiger partial charge in [0.25, 0.3) is 0 Å². The van der Waals surface area contributed by atoms with Crippen LogP contribution in [0.3, 0.4) is 0 Å². The van der Waals surface area contributed by atoms with Gasteiger partial charge in [0, 0.05) is 7.14 Å². The van der Waals surface area contributed by atoms with Gasteiger partial charge in [0.05, 0.1) is 12.2 Å². The van der Waals surface area contributed by atoms with Crippen molar-refractivity contribution in [2.75, 3.05) is 6.61 Å². The molecule has 0 saturated heterocycles. The maximum Gasteiger partial charge on any atom is 0.339 e. The molecule has 0 radical (unpaired) electrons. The number of esters is 1. The number of benzene rings is 1. The fourth-order valence-corrected chi connectivity index (χ4v) is 1.95. The van der Waals surface area contributed by atoms with Gasteiger partial charge in [-0.05, 0) is 64.2 Å². The number of ether oxygens (including phenoxy) is 1. The van der Waals surface area contributed by atoms with Crippen LogP contribution in [0.15, 0.2) is 18.2 Å². The van der Waals surface area contributed by atoms with Gasteiger partial charge < -0.3 is 4.74 Å². The first kappa shape index (κ1) is 11.2. The smallest absolute Gasteiger partial charge is 0.339 e. The summed E-state index contributed by atoms with van der Waals surface area (Å²) in [5, 5.41) is 0. The molecule has 0 unspecified atom stereocenters. The average Bonchev–Trinajstić information content (AvgIpc) is 2.10.